The van der Waals surface area contributed by atoms with Gasteiger partial charge in [-0.2, -0.15) is 0 Å². The van der Waals surface area contributed by atoms with E-state index in [1.807, 2.05) is 61.6 Å². The third kappa shape index (κ3) is 17.2. The van der Waals surface area contributed by atoms with Crippen LogP contribution in [0.2, 0.25) is 0 Å². The van der Waals surface area contributed by atoms with Gasteiger partial charge in [-0.15, -0.1) is 0 Å². The zero-order valence-corrected chi connectivity index (χ0v) is 39.6. The Hall–Kier alpha value is -6.69. The van der Waals surface area contributed by atoms with Crippen molar-refractivity contribution in [3.63, 3.8) is 0 Å². The van der Waals surface area contributed by atoms with Crippen molar-refractivity contribution in [3.8, 4) is 5.88 Å². The number of aromatic nitrogens is 1. The van der Waals surface area contributed by atoms with Gasteiger partial charge in [-0.25, -0.2) is 4.98 Å². The number of ether oxygens (including phenoxy) is 1. The second-order valence-corrected chi connectivity index (χ2v) is 17.2. The molecule has 0 atom stereocenters. The van der Waals surface area contributed by atoms with Gasteiger partial charge in [0.1, 0.15) is 0 Å². The van der Waals surface area contributed by atoms with Crippen LogP contribution in [0.5, 0.6) is 5.88 Å². The fourth-order valence-corrected chi connectivity index (χ4v) is 7.53. The average Bonchev–Trinajstić information content (AvgIpc) is 4.17. The summed E-state index contributed by atoms with van der Waals surface area (Å²) in [6.07, 6.45) is 3.78. The number of likely N-dealkylation sites (N-methyl/N-ethyl adjacent to an activating group) is 1. The first-order chi connectivity index (χ1) is 32.7. The Kier molecular flexibility index (Phi) is 20.4. The number of anilines is 2. The molecule has 1 saturated carbocycles. The number of aliphatic hydroxyl groups excluding tert-OH is 1. The molecular formula is C51H66N8O9. The van der Waals surface area contributed by atoms with Crippen molar-refractivity contribution in [2.45, 2.75) is 84.5 Å². The van der Waals surface area contributed by atoms with Gasteiger partial charge in [0.15, 0.2) is 5.69 Å². The number of aliphatic carboxylic acids is 1. The lowest BCUT2D eigenvalue weighted by molar-refractivity contribution is -0.140. The van der Waals surface area contributed by atoms with Crippen molar-refractivity contribution in [1.82, 2.24) is 30.3 Å². The molecular weight excluding hydrogens is 869 g/mol. The Morgan fingerprint density at radius 2 is 1.41 bits per heavy atom. The number of aliphatic hydroxyl groups is 1. The van der Waals surface area contributed by atoms with Crippen LogP contribution in [0.1, 0.15) is 107 Å². The molecule has 5 rings (SSSR count). The Balaban J connectivity index is 1.19. The molecule has 1 aliphatic carbocycles. The standard InChI is InChI=1S/C51H66N8O9/c1-5-42(6-2)59(28-27-58(4)46(62)22-23-47(63)64)33-38-8-7-9-40(30-38)50(66)55-43-20-21-45(68-34-37-10-11-37)56-48(43)51(67)54-41-18-14-36(15-19-41)32-57(3)31-35-12-16-39(17-13-35)49(65)53-25-24-44(61)52-26-29-60/h7-9,12-21,30,37,42,60H,5-6,10-11,22-29,31-34H2,1-4H3,(H,52,61)(H,53,65)(H,54,67)(H,55,66)(H,63,64). The number of carboxylic acids is 1. The molecule has 0 saturated heterocycles. The minimum Gasteiger partial charge on any atom is -0.481 e. The van der Waals surface area contributed by atoms with E-state index in [9.17, 15) is 28.8 Å². The highest BCUT2D eigenvalue weighted by molar-refractivity contribution is 6.11. The quantitative estimate of drug-likeness (QED) is 0.0413. The molecule has 0 bridgehead atoms. The minimum absolute atomic E-state index is 0.00122. The third-order valence-electron chi connectivity index (χ3n) is 11.6. The molecule has 5 amide bonds. The Morgan fingerprint density at radius 1 is 0.721 bits per heavy atom. The van der Waals surface area contributed by atoms with Crippen LogP contribution >= 0.6 is 0 Å². The van der Waals surface area contributed by atoms with E-state index < -0.39 is 17.8 Å². The number of carbonyl (C=O) groups is 6. The normalized spacial score (nSPS) is 12.2. The molecule has 17 nitrogen and oxygen atoms in total. The number of carbonyl (C=O) groups excluding carboxylic acids is 5. The van der Waals surface area contributed by atoms with Crippen molar-refractivity contribution < 1.29 is 43.7 Å². The predicted molar refractivity (Wildman–Crippen MR) is 259 cm³/mol. The smallest absolute Gasteiger partial charge is 0.303 e. The molecule has 0 unspecified atom stereocenters. The number of pyridine rings is 1. The van der Waals surface area contributed by atoms with Crippen molar-refractivity contribution in [2.24, 2.45) is 5.92 Å². The van der Waals surface area contributed by atoms with E-state index in [1.165, 1.54) is 0 Å². The zero-order chi connectivity index (χ0) is 49.0. The van der Waals surface area contributed by atoms with Gasteiger partial charge in [0, 0.05) is 94.6 Å². The fourth-order valence-electron chi connectivity index (χ4n) is 7.53. The summed E-state index contributed by atoms with van der Waals surface area (Å²) in [6.45, 7) is 7.68. The Morgan fingerprint density at radius 3 is 2.06 bits per heavy atom. The topological polar surface area (TPSA) is 223 Å². The summed E-state index contributed by atoms with van der Waals surface area (Å²) >= 11 is 0. The van der Waals surface area contributed by atoms with Gasteiger partial charge in [-0.3, -0.25) is 38.6 Å². The van der Waals surface area contributed by atoms with Crippen LogP contribution in [0.25, 0.3) is 0 Å². The maximum Gasteiger partial charge on any atom is 0.303 e. The van der Waals surface area contributed by atoms with Gasteiger partial charge in [-0.05, 0) is 97.8 Å². The molecule has 1 aliphatic rings. The van der Waals surface area contributed by atoms with Gasteiger partial charge >= 0.3 is 5.97 Å². The van der Waals surface area contributed by atoms with E-state index in [0.29, 0.717) is 62.1 Å². The predicted octanol–water partition coefficient (Wildman–Crippen LogP) is 5.55. The molecule has 1 heterocycles. The lowest BCUT2D eigenvalue weighted by Gasteiger charge is -2.32. The van der Waals surface area contributed by atoms with Gasteiger partial charge in [0.25, 0.3) is 17.7 Å². The summed E-state index contributed by atoms with van der Waals surface area (Å²) in [5, 5.41) is 28.9. The molecule has 3 aromatic carbocycles. The van der Waals surface area contributed by atoms with Gasteiger partial charge in [0.2, 0.25) is 17.7 Å². The number of nitrogens with one attached hydrogen (secondary N) is 4. The molecule has 1 fully saturated rings. The van der Waals surface area contributed by atoms with E-state index >= 15 is 0 Å². The molecule has 4 aromatic rings. The molecule has 0 spiro atoms. The molecule has 17 heteroatoms. The van der Waals surface area contributed by atoms with Crippen molar-refractivity contribution >= 4 is 46.9 Å². The maximum atomic E-state index is 13.9. The largest absolute Gasteiger partial charge is 0.481 e. The molecule has 6 N–H and O–H groups in total. The van der Waals surface area contributed by atoms with Crippen LogP contribution in [0, 0.1) is 5.92 Å². The summed E-state index contributed by atoms with van der Waals surface area (Å²) < 4.78 is 5.92. The minimum atomic E-state index is -1.01. The second kappa shape index (κ2) is 26.6. The van der Waals surface area contributed by atoms with E-state index in [1.54, 1.807) is 42.3 Å². The maximum absolute atomic E-state index is 13.9. The van der Waals surface area contributed by atoms with Crippen molar-refractivity contribution in [2.75, 3.05) is 64.1 Å². The Labute approximate surface area is 398 Å². The van der Waals surface area contributed by atoms with Gasteiger partial charge in [0.05, 0.1) is 25.3 Å². The number of nitrogens with zero attached hydrogens (tertiary/aromatic N) is 4. The molecule has 364 valence electrons. The van der Waals surface area contributed by atoms with Crippen LogP contribution in [0.3, 0.4) is 0 Å². The average molecular weight is 935 g/mol. The fraction of sp³-hybridized carbons (Fsp3) is 0.431. The third-order valence-corrected chi connectivity index (χ3v) is 11.6. The van der Waals surface area contributed by atoms with Gasteiger partial charge in [-0.1, -0.05) is 50.2 Å². The lowest BCUT2D eigenvalue weighted by atomic mass is 10.1. The van der Waals surface area contributed by atoms with Crippen molar-refractivity contribution in [1.29, 1.82) is 0 Å². The molecule has 68 heavy (non-hydrogen) atoms. The summed E-state index contributed by atoms with van der Waals surface area (Å²) in [4.78, 5) is 86.1. The number of amides is 5. The van der Waals surface area contributed by atoms with Crippen LogP contribution < -0.4 is 26.0 Å². The Bertz CT molecular complexity index is 2320. The van der Waals surface area contributed by atoms with Crippen LogP contribution in [-0.2, 0) is 34.0 Å². The summed E-state index contributed by atoms with van der Waals surface area (Å²) in [5.41, 5.74) is 4.54. The molecule has 0 aliphatic heterocycles. The van der Waals surface area contributed by atoms with E-state index in [0.717, 1.165) is 42.4 Å². The van der Waals surface area contributed by atoms with Gasteiger partial charge < -0.3 is 41.1 Å². The monoisotopic (exact) mass is 934 g/mol. The summed E-state index contributed by atoms with van der Waals surface area (Å²) in [5.74, 6) is -1.95. The zero-order valence-electron chi connectivity index (χ0n) is 39.6. The highest BCUT2D eigenvalue weighted by Gasteiger charge is 2.24. The molecule has 1 aromatic heterocycles. The summed E-state index contributed by atoms with van der Waals surface area (Å²) in [6, 6.07) is 25.5. The highest BCUT2D eigenvalue weighted by Crippen LogP contribution is 2.30. The number of hydrogen-bond acceptors (Lipinski definition) is 11. The first-order valence-corrected chi connectivity index (χ1v) is 23.3. The van der Waals surface area contributed by atoms with Crippen molar-refractivity contribution in [3.05, 3.63) is 118 Å². The lowest BCUT2D eigenvalue weighted by Crippen LogP contribution is -2.41. The molecule has 0 radical (unpaired) electrons. The number of carboxylic acid groups (broad SMARTS) is 1. The SMILES string of the molecule is CCC(CC)N(CCN(C)C(=O)CCC(=O)O)Cc1cccc(C(=O)Nc2ccc(OCC3CC3)nc2C(=O)Nc2ccc(CN(C)Cc3ccc(C(=O)NCCC(=O)NCCO)cc3)cc2)c1. The number of benzene rings is 3. The van der Waals surface area contributed by atoms with E-state index in [-0.39, 0.29) is 80.0 Å². The van der Waals surface area contributed by atoms with E-state index in [2.05, 4.69) is 49.9 Å². The first-order valence-electron chi connectivity index (χ1n) is 23.3. The highest BCUT2D eigenvalue weighted by atomic mass is 16.5. The first kappa shape index (κ1) is 52.3. The van der Waals surface area contributed by atoms with E-state index in [4.69, 9.17) is 14.9 Å². The second-order valence-electron chi connectivity index (χ2n) is 17.2. The number of rotatable bonds is 28. The van der Waals surface area contributed by atoms with Crippen LogP contribution in [0.4, 0.5) is 11.4 Å². The van der Waals surface area contributed by atoms with Crippen LogP contribution in [-0.4, -0.2) is 125 Å². The number of hydrogen-bond donors (Lipinski definition) is 6. The summed E-state index contributed by atoms with van der Waals surface area (Å²) in [7, 11) is 3.66. The van der Waals surface area contributed by atoms with Crippen LogP contribution in [0.15, 0.2) is 84.9 Å².